The number of piperazine rings is 1. The first-order valence-electron chi connectivity index (χ1n) is 9.35. The second-order valence-electron chi connectivity index (χ2n) is 8.29. The van der Waals surface area contributed by atoms with Gasteiger partial charge in [-0.1, -0.05) is 18.2 Å². The zero-order valence-corrected chi connectivity index (χ0v) is 16.0. The molecule has 0 aromatic heterocycles. The lowest BCUT2D eigenvalue weighted by atomic mass is 9.93. The van der Waals surface area contributed by atoms with Crippen LogP contribution in [0.5, 0.6) is 0 Å². The third kappa shape index (κ3) is 4.73. The second-order valence-corrected chi connectivity index (χ2v) is 8.29. The molecule has 0 radical (unpaired) electrons. The summed E-state index contributed by atoms with van der Waals surface area (Å²) < 4.78 is 5.56. The summed E-state index contributed by atoms with van der Waals surface area (Å²) in [6, 6.07) is 6.90. The predicted octanol–water partition coefficient (Wildman–Crippen LogP) is 2.77. The average molecular weight is 345 g/mol. The zero-order chi connectivity index (χ0) is 18.0. The Morgan fingerprint density at radius 1 is 1.24 bits per heavy atom. The van der Waals surface area contributed by atoms with E-state index in [1.807, 2.05) is 25.7 Å². The normalized spacial score (nSPS) is 21.8. The van der Waals surface area contributed by atoms with E-state index in [4.69, 9.17) is 4.74 Å². The van der Waals surface area contributed by atoms with E-state index >= 15 is 0 Å². The van der Waals surface area contributed by atoms with Crippen molar-refractivity contribution in [2.45, 2.75) is 58.8 Å². The van der Waals surface area contributed by atoms with E-state index in [0.717, 1.165) is 39.1 Å². The summed E-state index contributed by atoms with van der Waals surface area (Å²) in [4.78, 5) is 16.8. The van der Waals surface area contributed by atoms with Crippen LogP contribution in [0.15, 0.2) is 18.2 Å². The van der Waals surface area contributed by atoms with Crippen LogP contribution in [0, 0.1) is 0 Å². The molecule has 5 nitrogen and oxygen atoms in total. The van der Waals surface area contributed by atoms with Crippen LogP contribution in [0.4, 0.5) is 4.79 Å². The summed E-state index contributed by atoms with van der Waals surface area (Å²) in [6.45, 7) is 13.9. The van der Waals surface area contributed by atoms with Gasteiger partial charge >= 0.3 is 6.09 Å². The SMILES string of the molecule is CC1Cc2cc(CN3CCNCC3)ccc2CN1C(=O)OC(C)(C)C. The molecule has 2 aliphatic heterocycles. The number of rotatable bonds is 2. The van der Waals surface area contributed by atoms with E-state index in [2.05, 4.69) is 35.3 Å². The minimum absolute atomic E-state index is 0.164. The van der Waals surface area contributed by atoms with Crippen LogP contribution in [0.1, 0.15) is 44.4 Å². The number of amides is 1. The molecule has 3 rings (SSSR count). The number of hydrogen-bond acceptors (Lipinski definition) is 4. The van der Waals surface area contributed by atoms with E-state index < -0.39 is 5.60 Å². The third-order valence-electron chi connectivity index (χ3n) is 4.90. The number of carbonyl (C=O) groups is 1. The highest BCUT2D eigenvalue weighted by Gasteiger charge is 2.30. The Morgan fingerprint density at radius 2 is 1.96 bits per heavy atom. The maximum atomic E-state index is 12.5. The van der Waals surface area contributed by atoms with E-state index in [1.165, 1.54) is 16.7 Å². The van der Waals surface area contributed by atoms with Gasteiger partial charge in [-0.2, -0.15) is 0 Å². The molecule has 1 amide bonds. The van der Waals surface area contributed by atoms with Crippen molar-refractivity contribution >= 4 is 6.09 Å². The van der Waals surface area contributed by atoms with Crippen LogP contribution < -0.4 is 5.32 Å². The van der Waals surface area contributed by atoms with Crippen LogP contribution >= 0.6 is 0 Å². The van der Waals surface area contributed by atoms with Gasteiger partial charge in [0.2, 0.25) is 0 Å². The van der Waals surface area contributed by atoms with Crippen molar-refractivity contribution in [1.82, 2.24) is 15.1 Å². The van der Waals surface area contributed by atoms with E-state index in [-0.39, 0.29) is 12.1 Å². The molecule has 5 heteroatoms. The molecule has 2 aliphatic rings. The van der Waals surface area contributed by atoms with Crippen LogP contribution in [-0.2, 0) is 24.2 Å². The van der Waals surface area contributed by atoms with Crippen LogP contribution in [0.2, 0.25) is 0 Å². The van der Waals surface area contributed by atoms with E-state index in [9.17, 15) is 4.79 Å². The summed E-state index contributed by atoms with van der Waals surface area (Å²) in [5.74, 6) is 0. The van der Waals surface area contributed by atoms with Crippen molar-refractivity contribution in [2.75, 3.05) is 26.2 Å². The van der Waals surface area contributed by atoms with E-state index in [1.54, 1.807) is 0 Å². The fraction of sp³-hybridized carbons (Fsp3) is 0.650. The average Bonchev–Trinajstić information content (AvgIpc) is 2.53. The fourth-order valence-corrected chi connectivity index (χ4v) is 3.58. The summed E-state index contributed by atoms with van der Waals surface area (Å²) in [7, 11) is 0. The molecule has 1 atom stereocenters. The van der Waals surface area contributed by atoms with Gasteiger partial charge in [-0.3, -0.25) is 4.90 Å². The number of fused-ring (bicyclic) bond motifs is 1. The maximum absolute atomic E-state index is 12.5. The fourth-order valence-electron chi connectivity index (χ4n) is 3.58. The zero-order valence-electron chi connectivity index (χ0n) is 16.0. The molecule has 138 valence electrons. The van der Waals surface area contributed by atoms with Crippen LogP contribution in [0.25, 0.3) is 0 Å². The van der Waals surface area contributed by atoms with Gasteiger partial charge in [-0.05, 0) is 50.8 Å². The maximum Gasteiger partial charge on any atom is 0.410 e. The number of ether oxygens (including phenoxy) is 1. The number of benzene rings is 1. The Hall–Kier alpha value is -1.59. The molecule has 1 saturated heterocycles. The van der Waals surface area contributed by atoms with Crippen molar-refractivity contribution < 1.29 is 9.53 Å². The minimum Gasteiger partial charge on any atom is -0.444 e. The molecular formula is C20H31N3O2. The second kappa shape index (κ2) is 7.34. The Balaban J connectivity index is 1.68. The largest absolute Gasteiger partial charge is 0.444 e. The Kier molecular flexibility index (Phi) is 5.35. The van der Waals surface area contributed by atoms with Gasteiger partial charge in [0.1, 0.15) is 5.60 Å². The molecular weight excluding hydrogens is 314 g/mol. The molecule has 1 N–H and O–H groups in total. The topological polar surface area (TPSA) is 44.8 Å². The Morgan fingerprint density at radius 3 is 2.64 bits per heavy atom. The summed E-state index contributed by atoms with van der Waals surface area (Å²) >= 11 is 0. The van der Waals surface area contributed by atoms with E-state index in [0.29, 0.717) is 6.54 Å². The van der Waals surface area contributed by atoms with Crippen molar-refractivity contribution in [3.63, 3.8) is 0 Å². The van der Waals surface area contributed by atoms with Gasteiger partial charge in [0.25, 0.3) is 0 Å². The van der Waals surface area contributed by atoms with Crippen LogP contribution in [-0.4, -0.2) is 53.7 Å². The van der Waals surface area contributed by atoms with Gasteiger partial charge in [-0.25, -0.2) is 4.79 Å². The molecule has 1 unspecified atom stereocenters. The summed E-state index contributed by atoms with van der Waals surface area (Å²) in [6.07, 6.45) is 0.680. The molecule has 0 saturated carbocycles. The summed E-state index contributed by atoms with van der Waals surface area (Å²) in [5, 5.41) is 3.40. The molecule has 1 fully saturated rings. The number of hydrogen-bond donors (Lipinski definition) is 1. The molecule has 2 heterocycles. The highest BCUT2D eigenvalue weighted by molar-refractivity contribution is 5.69. The molecule has 25 heavy (non-hydrogen) atoms. The summed E-state index contributed by atoms with van der Waals surface area (Å²) in [5.41, 5.74) is 3.54. The molecule has 1 aromatic rings. The lowest BCUT2D eigenvalue weighted by molar-refractivity contribution is 0.0138. The van der Waals surface area contributed by atoms with Crippen molar-refractivity contribution in [2.24, 2.45) is 0 Å². The third-order valence-corrected chi connectivity index (χ3v) is 4.90. The molecule has 0 bridgehead atoms. The minimum atomic E-state index is -0.454. The molecule has 0 aliphatic carbocycles. The van der Waals surface area contributed by atoms with Gasteiger partial charge in [0.15, 0.2) is 0 Å². The van der Waals surface area contributed by atoms with Gasteiger partial charge in [0.05, 0.1) is 0 Å². The first kappa shape index (κ1) is 18.2. The molecule has 0 spiro atoms. The van der Waals surface area contributed by atoms with Gasteiger partial charge < -0.3 is 15.0 Å². The number of nitrogens with zero attached hydrogens (tertiary/aromatic N) is 2. The number of nitrogens with one attached hydrogen (secondary N) is 1. The molecule has 1 aromatic carbocycles. The highest BCUT2D eigenvalue weighted by Crippen LogP contribution is 2.26. The van der Waals surface area contributed by atoms with Crippen molar-refractivity contribution in [3.8, 4) is 0 Å². The first-order valence-corrected chi connectivity index (χ1v) is 9.35. The Labute approximate surface area is 151 Å². The Bertz CT molecular complexity index is 618. The smallest absolute Gasteiger partial charge is 0.410 e. The number of carbonyl (C=O) groups excluding carboxylic acids is 1. The van der Waals surface area contributed by atoms with Crippen molar-refractivity contribution in [3.05, 3.63) is 34.9 Å². The van der Waals surface area contributed by atoms with Gasteiger partial charge in [0, 0.05) is 45.3 Å². The first-order chi connectivity index (χ1) is 11.8. The predicted molar refractivity (Wildman–Crippen MR) is 99.5 cm³/mol. The standard InChI is InChI=1S/C20H31N3O2/c1-15-11-18-12-16(13-22-9-7-21-8-10-22)5-6-17(18)14-23(15)19(24)25-20(2,3)4/h5-6,12,15,21H,7-11,13-14H2,1-4H3. The van der Waals surface area contributed by atoms with Crippen molar-refractivity contribution in [1.29, 1.82) is 0 Å². The quantitative estimate of drug-likeness (QED) is 0.895. The van der Waals surface area contributed by atoms with Gasteiger partial charge in [-0.15, -0.1) is 0 Å². The van der Waals surface area contributed by atoms with Crippen LogP contribution in [0.3, 0.4) is 0 Å². The lowest BCUT2D eigenvalue weighted by Crippen LogP contribution is -2.45. The highest BCUT2D eigenvalue weighted by atomic mass is 16.6. The lowest BCUT2D eigenvalue weighted by Gasteiger charge is -2.36. The monoisotopic (exact) mass is 345 g/mol.